The zero-order chi connectivity index (χ0) is 15.0. The van der Waals surface area contributed by atoms with Gasteiger partial charge in [0.05, 0.1) is 5.92 Å². The van der Waals surface area contributed by atoms with Gasteiger partial charge in [-0.25, -0.2) is 0 Å². The SMILES string of the molecule is C[C@]12CC3CC(N4C[C@@H](C(=O)O)CC4=O)(C1)C[C@@](C)(C3)C2. The molecule has 4 nitrogen and oxygen atoms in total. The first-order valence-corrected chi connectivity index (χ1v) is 8.26. The van der Waals surface area contributed by atoms with Crippen molar-refractivity contribution in [2.45, 2.75) is 64.3 Å². The van der Waals surface area contributed by atoms with Gasteiger partial charge in [0.2, 0.25) is 5.91 Å². The second kappa shape index (κ2) is 3.82. The van der Waals surface area contributed by atoms with E-state index in [0.717, 1.165) is 25.2 Å². The third kappa shape index (κ3) is 1.87. The molecule has 4 bridgehead atoms. The molecule has 1 saturated heterocycles. The summed E-state index contributed by atoms with van der Waals surface area (Å²) in [5.41, 5.74) is 0.676. The van der Waals surface area contributed by atoms with Gasteiger partial charge in [-0.3, -0.25) is 9.59 Å². The Balaban J connectivity index is 1.68. The average molecular weight is 291 g/mol. The normalized spacial score (nSPS) is 51.7. The lowest BCUT2D eigenvalue weighted by Gasteiger charge is -2.67. The van der Waals surface area contributed by atoms with Crippen molar-refractivity contribution < 1.29 is 14.7 Å². The molecule has 116 valence electrons. The molecule has 4 aliphatic carbocycles. The first-order valence-electron chi connectivity index (χ1n) is 8.26. The first kappa shape index (κ1) is 13.6. The molecule has 5 aliphatic rings. The van der Waals surface area contributed by atoms with Crippen LogP contribution in [0, 0.1) is 22.7 Å². The highest BCUT2D eigenvalue weighted by Gasteiger charge is 2.63. The lowest BCUT2D eigenvalue weighted by molar-refractivity contribution is -0.170. The van der Waals surface area contributed by atoms with Gasteiger partial charge in [0, 0.05) is 18.5 Å². The fourth-order valence-corrected chi connectivity index (χ4v) is 7.02. The first-order chi connectivity index (χ1) is 9.73. The molecular weight excluding hydrogens is 266 g/mol. The van der Waals surface area contributed by atoms with Crippen LogP contribution in [-0.2, 0) is 9.59 Å². The fourth-order valence-electron chi connectivity index (χ4n) is 7.02. The number of amides is 1. The smallest absolute Gasteiger partial charge is 0.308 e. The number of nitrogens with zero attached hydrogens (tertiary/aromatic N) is 1. The van der Waals surface area contributed by atoms with E-state index in [9.17, 15) is 14.7 Å². The zero-order valence-electron chi connectivity index (χ0n) is 13.0. The highest BCUT2D eigenvalue weighted by Crippen LogP contribution is 2.68. The summed E-state index contributed by atoms with van der Waals surface area (Å²) in [6.45, 7) is 5.21. The van der Waals surface area contributed by atoms with E-state index in [0.29, 0.717) is 17.4 Å². The number of carbonyl (C=O) groups is 2. The standard InChI is InChI=1S/C17H25NO3/c1-15-4-11-5-16(2,8-15)10-17(6-11,9-15)18-7-12(14(20)21)3-13(18)19/h11-12H,3-10H2,1-2H3,(H,20,21)/t11?,12-,15-,16+,17?/m0/s1. The molecule has 5 rings (SSSR count). The maximum Gasteiger partial charge on any atom is 0.308 e. The van der Waals surface area contributed by atoms with Crippen LogP contribution < -0.4 is 0 Å². The molecule has 0 aromatic heterocycles. The fraction of sp³-hybridized carbons (Fsp3) is 0.882. The molecular formula is C17H25NO3. The summed E-state index contributed by atoms with van der Waals surface area (Å²) in [7, 11) is 0. The highest BCUT2D eigenvalue weighted by molar-refractivity contribution is 5.86. The zero-order valence-corrected chi connectivity index (χ0v) is 13.0. The summed E-state index contributed by atoms with van der Waals surface area (Å²) in [5, 5.41) is 9.25. The van der Waals surface area contributed by atoms with Crippen LogP contribution in [0.25, 0.3) is 0 Å². The van der Waals surface area contributed by atoms with Crippen molar-refractivity contribution in [1.29, 1.82) is 0 Å². The molecule has 1 heterocycles. The summed E-state index contributed by atoms with van der Waals surface area (Å²) >= 11 is 0. The van der Waals surface area contributed by atoms with Crippen molar-refractivity contribution in [3.05, 3.63) is 0 Å². The van der Waals surface area contributed by atoms with Crippen molar-refractivity contribution in [2.24, 2.45) is 22.7 Å². The molecule has 4 saturated carbocycles. The van der Waals surface area contributed by atoms with E-state index in [1.165, 1.54) is 19.3 Å². The molecule has 2 unspecified atom stereocenters. The van der Waals surface area contributed by atoms with Crippen LogP contribution in [0.15, 0.2) is 0 Å². The molecule has 4 heteroatoms. The largest absolute Gasteiger partial charge is 0.481 e. The Bertz CT molecular complexity index is 510. The molecule has 0 aromatic rings. The monoisotopic (exact) mass is 291 g/mol. The van der Waals surface area contributed by atoms with E-state index < -0.39 is 11.9 Å². The van der Waals surface area contributed by atoms with Gasteiger partial charge < -0.3 is 10.0 Å². The molecule has 0 radical (unpaired) electrons. The molecule has 1 N–H and O–H groups in total. The average Bonchev–Trinajstić information content (AvgIpc) is 2.67. The Morgan fingerprint density at radius 3 is 2.24 bits per heavy atom. The van der Waals surface area contributed by atoms with Crippen LogP contribution in [0.1, 0.15) is 58.8 Å². The van der Waals surface area contributed by atoms with Crippen LogP contribution in [0.2, 0.25) is 0 Å². The van der Waals surface area contributed by atoms with Crippen LogP contribution in [0.5, 0.6) is 0 Å². The van der Waals surface area contributed by atoms with Crippen molar-refractivity contribution >= 4 is 11.9 Å². The van der Waals surface area contributed by atoms with E-state index in [-0.39, 0.29) is 17.9 Å². The van der Waals surface area contributed by atoms with Crippen LogP contribution in [0.4, 0.5) is 0 Å². The molecule has 21 heavy (non-hydrogen) atoms. The number of carboxylic acids is 1. The quantitative estimate of drug-likeness (QED) is 0.851. The second-order valence-corrected chi connectivity index (χ2v) is 9.10. The number of hydrogen-bond acceptors (Lipinski definition) is 2. The van der Waals surface area contributed by atoms with Crippen LogP contribution in [0.3, 0.4) is 0 Å². The van der Waals surface area contributed by atoms with Gasteiger partial charge >= 0.3 is 5.97 Å². The molecule has 0 spiro atoms. The highest BCUT2D eigenvalue weighted by atomic mass is 16.4. The van der Waals surface area contributed by atoms with Gasteiger partial charge in [-0.15, -0.1) is 0 Å². The number of likely N-dealkylation sites (tertiary alicyclic amines) is 1. The Morgan fingerprint density at radius 1 is 1.14 bits per heavy atom. The molecule has 1 aliphatic heterocycles. The number of hydrogen-bond donors (Lipinski definition) is 1. The third-order valence-corrected chi connectivity index (χ3v) is 6.64. The van der Waals surface area contributed by atoms with Crippen LogP contribution in [-0.4, -0.2) is 34.0 Å². The molecule has 5 fully saturated rings. The van der Waals surface area contributed by atoms with Gasteiger partial charge in [0.1, 0.15) is 0 Å². The second-order valence-electron chi connectivity index (χ2n) is 9.10. The minimum absolute atomic E-state index is 0.0375. The van der Waals surface area contributed by atoms with Gasteiger partial charge in [0.25, 0.3) is 0 Å². The number of carbonyl (C=O) groups excluding carboxylic acids is 1. The summed E-state index contributed by atoms with van der Waals surface area (Å²) in [4.78, 5) is 25.7. The van der Waals surface area contributed by atoms with Gasteiger partial charge in [-0.2, -0.15) is 0 Å². The number of carboxylic acid groups (broad SMARTS) is 1. The topological polar surface area (TPSA) is 57.6 Å². The third-order valence-electron chi connectivity index (χ3n) is 6.64. The van der Waals surface area contributed by atoms with Crippen molar-refractivity contribution in [3.63, 3.8) is 0 Å². The van der Waals surface area contributed by atoms with E-state index in [4.69, 9.17) is 0 Å². The predicted molar refractivity (Wildman–Crippen MR) is 77.6 cm³/mol. The lowest BCUT2D eigenvalue weighted by atomic mass is 9.42. The Kier molecular flexibility index (Phi) is 2.47. The summed E-state index contributed by atoms with van der Waals surface area (Å²) in [6, 6.07) is 0. The lowest BCUT2D eigenvalue weighted by Crippen LogP contribution is -2.65. The molecule has 5 atom stereocenters. The Morgan fingerprint density at radius 2 is 1.76 bits per heavy atom. The predicted octanol–water partition coefficient (Wildman–Crippen LogP) is 2.67. The van der Waals surface area contributed by atoms with Crippen molar-refractivity contribution in [1.82, 2.24) is 4.90 Å². The molecule has 1 amide bonds. The van der Waals surface area contributed by atoms with E-state index in [1.54, 1.807) is 0 Å². The van der Waals surface area contributed by atoms with Crippen LogP contribution >= 0.6 is 0 Å². The summed E-state index contributed by atoms with van der Waals surface area (Å²) in [6.07, 6.45) is 7.37. The number of aliphatic carboxylic acids is 1. The maximum absolute atomic E-state index is 12.5. The summed E-state index contributed by atoms with van der Waals surface area (Å²) < 4.78 is 0. The minimum atomic E-state index is -0.812. The minimum Gasteiger partial charge on any atom is -0.481 e. The van der Waals surface area contributed by atoms with Gasteiger partial charge in [-0.05, 0) is 55.3 Å². The van der Waals surface area contributed by atoms with E-state index in [2.05, 4.69) is 13.8 Å². The van der Waals surface area contributed by atoms with E-state index in [1.807, 2.05) is 4.90 Å². The Hall–Kier alpha value is -1.06. The molecule has 0 aromatic carbocycles. The van der Waals surface area contributed by atoms with Crippen molar-refractivity contribution in [2.75, 3.05) is 6.54 Å². The number of rotatable bonds is 2. The van der Waals surface area contributed by atoms with Gasteiger partial charge in [0.15, 0.2) is 0 Å². The summed E-state index contributed by atoms with van der Waals surface area (Å²) in [5.74, 6) is -0.497. The van der Waals surface area contributed by atoms with E-state index >= 15 is 0 Å². The van der Waals surface area contributed by atoms with Gasteiger partial charge in [-0.1, -0.05) is 13.8 Å². The Labute approximate surface area is 125 Å². The van der Waals surface area contributed by atoms with Crippen molar-refractivity contribution in [3.8, 4) is 0 Å². The maximum atomic E-state index is 12.5.